The van der Waals surface area contributed by atoms with E-state index in [-0.39, 0.29) is 18.0 Å². The number of hydrogen-bond donors (Lipinski definition) is 2. The molecule has 17 heavy (non-hydrogen) atoms. The molecule has 3 nitrogen and oxygen atoms in total. The normalized spacial score (nSPS) is 21.2. The molecule has 0 radical (unpaired) electrons. The highest BCUT2D eigenvalue weighted by atomic mass is 16.2. The van der Waals surface area contributed by atoms with E-state index in [4.69, 9.17) is 0 Å². The molecule has 0 unspecified atom stereocenters. The zero-order valence-corrected chi connectivity index (χ0v) is 10.5. The Hall–Kier alpha value is -1.35. The molecule has 0 saturated carbocycles. The number of carbonyl (C=O) groups excluding carboxylic acids is 1. The first-order chi connectivity index (χ1) is 8.16. The summed E-state index contributed by atoms with van der Waals surface area (Å²) < 4.78 is 0. The maximum atomic E-state index is 11.9. The summed E-state index contributed by atoms with van der Waals surface area (Å²) in [5.41, 5.74) is 2.40. The maximum absolute atomic E-state index is 11.9. The van der Waals surface area contributed by atoms with Crippen LogP contribution in [0.2, 0.25) is 0 Å². The lowest BCUT2D eigenvalue weighted by Gasteiger charge is -2.17. The quantitative estimate of drug-likeness (QED) is 0.836. The fraction of sp³-hybridized carbons (Fsp3) is 0.500. The molecule has 0 bridgehead atoms. The topological polar surface area (TPSA) is 41.1 Å². The van der Waals surface area contributed by atoms with Crippen LogP contribution in [0.25, 0.3) is 0 Å². The van der Waals surface area contributed by atoms with Crippen molar-refractivity contribution in [1.29, 1.82) is 0 Å². The highest BCUT2D eigenvalue weighted by Crippen LogP contribution is 2.14. The number of carbonyl (C=O) groups is 1. The first-order valence-electron chi connectivity index (χ1n) is 6.27. The van der Waals surface area contributed by atoms with Gasteiger partial charge in [0, 0.05) is 0 Å². The standard InChI is InChI=1S/C14H20N2O/c1-10-5-7-12(8-6-10)11(2)16-14(17)13-4-3-9-15-13/h5-8,11,13,15H,3-4,9H2,1-2H3,(H,16,17)/t11-,13+/m0/s1. The van der Waals surface area contributed by atoms with Gasteiger partial charge >= 0.3 is 0 Å². The van der Waals surface area contributed by atoms with E-state index in [0.717, 1.165) is 24.9 Å². The number of amides is 1. The van der Waals surface area contributed by atoms with Crippen molar-refractivity contribution in [3.8, 4) is 0 Å². The molecule has 2 N–H and O–H groups in total. The Labute approximate surface area is 103 Å². The van der Waals surface area contributed by atoms with Crippen molar-refractivity contribution in [2.45, 2.75) is 38.8 Å². The molecule has 92 valence electrons. The predicted molar refractivity (Wildman–Crippen MR) is 68.8 cm³/mol. The van der Waals surface area contributed by atoms with Crippen molar-refractivity contribution >= 4 is 5.91 Å². The lowest BCUT2D eigenvalue weighted by Crippen LogP contribution is -2.41. The van der Waals surface area contributed by atoms with Crippen molar-refractivity contribution in [2.24, 2.45) is 0 Å². The molecule has 1 aliphatic rings. The van der Waals surface area contributed by atoms with Gasteiger partial charge in [0.2, 0.25) is 5.91 Å². The highest BCUT2D eigenvalue weighted by Gasteiger charge is 2.23. The molecule has 3 heteroatoms. The van der Waals surface area contributed by atoms with Crippen molar-refractivity contribution < 1.29 is 4.79 Å². The molecule has 0 spiro atoms. The van der Waals surface area contributed by atoms with E-state index in [1.165, 1.54) is 5.56 Å². The van der Waals surface area contributed by atoms with Gasteiger partial charge in [0.25, 0.3) is 0 Å². The van der Waals surface area contributed by atoms with Crippen LogP contribution >= 0.6 is 0 Å². The van der Waals surface area contributed by atoms with Gasteiger partial charge in [0.1, 0.15) is 0 Å². The summed E-state index contributed by atoms with van der Waals surface area (Å²) in [6.07, 6.45) is 2.05. The van der Waals surface area contributed by atoms with Crippen LogP contribution in [0.3, 0.4) is 0 Å². The Bertz CT molecular complexity index is 380. The third kappa shape index (κ3) is 3.07. The Kier molecular flexibility index (Phi) is 3.79. The van der Waals surface area contributed by atoms with Crippen molar-refractivity contribution in [3.63, 3.8) is 0 Å². The van der Waals surface area contributed by atoms with Gasteiger partial charge < -0.3 is 10.6 Å². The van der Waals surface area contributed by atoms with Crippen LogP contribution in [0.4, 0.5) is 0 Å². The zero-order valence-electron chi connectivity index (χ0n) is 10.5. The van der Waals surface area contributed by atoms with Crippen LogP contribution in [0.5, 0.6) is 0 Å². The highest BCUT2D eigenvalue weighted by molar-refractivity contribution is 5.82. The number of hydrogen-bond acceptors (Lipinski definition) is 2. The summed E-state index contributed by atoms with van der Waals surface area (Å²) in [7, 11) is 0. The van der Waals surface area contributed by atoms with Crippen molar-refractivity contribution in [1.82, 2.24) is 10.6 Å². The van der Waals surface area contributed by atoms with Crippen LogP contribution in [0, 0.1) is 6.92 Å². The fourth-order valence-electron chi connectivity index (χ4n) is 2.16. The molecule has 1 aliphatic heterocycles. The van der Waals surface area contributed by atoms with E-state index in [0.29, 0.717) is 0 Å². The molecule has 2 atom stereocenters. The average Bonchev–Trinajstić information content (AvgIpc) is 2.83. The smallest absolute Gasteiger partial charge is 0.237 e. The lowest BCUT2D eigenvalue weighted by atomic mass is 10.1. The third-order valence-corrected chi connectivity index (χ3v) is 3.31. The van der Waals surface area contributed by atoms with Crippen LogP contribution in [0.1, 0.15) is 36.9 Å². The number of nitrogens with one attached hydrogen (secondary N) is 2. The first kappa shape index (κ1) is 12.1. The molecule has 1 amide bonds. The third-order valence-electron chi connectivity index (χ3n) is 3.31. The summed E-state index contributed by atoms with van der Waals surface area (Å²) in [4.78, 5) is 11.9. The Morgan fingerprint density at radius 3 is 2.71 bits per heavy atom. The minimum Gasteiger partial charge on any atom is -0.348 e. The second kappa shape index (κ2) is 5.32. The van der Waals surface area contributed by atoms with Crippen LogP contribution in [0.15, 0.2) is 24.3 Å². The summed E-state index contributed by atoms with van der Waals surface area (Å²) in [6.45, 7) is 5.05. The van der Waals surface area contributed by atoms with Crippen LogP contribution < -0.4 is 10.6 Å². The largest absolute Gasteiger partial charge is 0.348 e. The van der Waals surface area contributed by atoms with Gasteiger partial charge in [0.15, 0.2) is 0 Å². The van der Waals surface area contributed by atoms with Gasteiger partial charge in [-0.1, -0.05) is 29.8 Å². The van der Waals surface area contributed by atoms with Gasteiger partial charge in [0.05, 0.1) is 12.1 Å². The predicted octanol–water partition coefficient (Wildman–Crippen LogP) is 1.92. The SMILES string of the molecule is Cc1ccc([C@H](C)NC(=O)[C@H]2CCCN2)cc1. The van der Waals surface area contributed by atoms with Gasteiger partial charge in [-0.05, 0) is 38.8 Å². The van der Waals surface area contributed by atoms with E-state index in [1.807, 2.05) is 6.92 Å². The van der Waals surface area contributed by atoms with E-state index in [2.05, 4.69) is 41.8 Å². The van der Waals surface area contributed by atoms with Crippen molar-refractivity contribution in [3.05, 3.63) is 35.4 Å². The monoisotopic (exact) mass is 232 g/mol. The molecule has 1 aromatic carbocycles. The average molecular weight is 232 g/mol. The van der Waals surface area contributed by atoms with Gasteiger partial charge in [-0.2, -0.15) is 0 Å². The molecule has 1 fully saturated rings. The van der Waals surface area contributed by atoms with E-state index in [9.17, 15) is 4.79 Å². The first-order valence-corrected chi connectivity index (χ1v) is 6.27. The summed E-state index contributed by atoms with van der Waals surface area (Å²) in [5, 5.41) is 6.27. The van der Waals surface area contributed by atoms with Crippen LogP contribution in [-0.4, -0.2) is 18.5 Å². The zero-order chi connectivity index (χ0) is 12.3. The Morgan fingerprint density at radius 1 is 1.41 bits per heavy atom. The molecular formula is C14H20N2O. The molecule has 1 heterocycles. The second-order valence-corrected chi connectivity index (χ2v) is 4.79. The van der Waals surface area contributed by atoms with E-state index < -0.39 is 0 Å². The number of aryl methyl sites for hydroxylation is 1. The fourth-order valence-corrected chi connectivity index (χ4v) is 2.16. The lowest BCUT2D eigenvalue weighted by molar-refractivity contribution is -0.123. The van der Waals surface area contributed by atoms with Gasteiger partial charge in [-0.25, -0.2) is 0 Å². The molecular weight excluding hydrogens is 212 g/mol. The molecule has 0 aromatic heterocycles. The minimum atomic E-state index is 0.00268. The van der Waals surface area contributed by atoms with E-state index >= 15 is 0 Å². The molecule has 1 aromatic rings. The molecule has 2 rings (SSSR count). The second-order valence-electron chi connectivity index (χ2n) is 4.79. The number of rotatable bonds is 3. The van der Waals surface area contributed by atoms with Crippen molar-refractivity contribution in [2.75, 3.05) is 6.54 Å². The Morgan fingerprint density at radius 2 is 2.12 bits per heavy atom. The van der Waals surface area contributed by atoms with Gasteiger partial charge in [-0.3, -0.25) is 4.79 Å². The number of benzene rings is 1. The Balaban J connectivity index is 1.93. The maximum Gasteiger partial charge on any atom is 0.237 e. The molecule has 0 aliphatic carbocycles. The molecule has 1 saturated heterocycles. The van der Waals surface area contributed by atoms with Crippen LogP contribution in [-0.2, 0) is 4.79 Å². The summed E-state index contributed by atoms with van der Waals surface area (Å²) >= 11 is 0. The summed E-state index contributed by atoms with van der Waals surface area (Å²) in [6, 6.07) is 8.37. The minimum absolute atomic E-state index is 0.00268. The van der Waals surface area contributed by atoms with E-state index in [1.54, 1.807) is 0 Å². The van der Waals surface area contributed by atoms with Gasteiger partial charge in [-0.15, -0.1) is 0 Å². The summed E-state index contributed by atoms with van der Waals surface area (Å²) in [5.74, 6) is 0.121.